The predicted molar refractivity (Wildman–Crippen MR) is 224 cm³/mol. The van der Waals surface area contributed by atoms with Crippen LogP contribution >= 0.6 is 70.6 Å². The minimum absolute atomic E-state index is 0.184. The van der Waals surface area contributed by atoms with E-state index in [2.05, 4.69) is 163 Å². The van der Waals surface area contributed by atoms with Crippen molar-refractivity contribution in [2.24, 2.45) is 0 Å². The van der Waals surface area contributed by atoms with Crippen molar-refractivity contribution < 1.29 is 0 Å². The van der Waals surface area contributed by atoms with E-state index in [1.54, 1.807) is 0 Å². The van der Waals surface area contributed by atoms with Crippen LogP contribution in [-0.2, 0) is 0 Å². The summed E-state index contributed by atoms with van der Waals surface area (Å²) >= 11 is 12.0. The number of benzene rings is 7. The second-order valence-electron chi connectivity index (χ2n) is 13.8. The topological polar surface area (TPSA) is 0 Å². The third-order valence-corrected chi connectivity index (χ3v) is 18.4. The Morgan fingerprint density at radius 1 is 0.235 bits per heavy atom. The molecule has 0 atom stereocenters. The standard InChI is InChI=1S/C42H21B3S6/c1-4-13-25-22(10-1)43-34-28(46-25)16-7-19-31(34)49-40-37(43)41-39(44-23-11-2-5-14-26(23)47-29-17-8-20-32(50-41)35(29)44)42-38(40)45-24-12-3-6-15-27(24)48-30-18-9-21-33(51-42)36(30)45/h1-21H. The Morgan fingerprint density at radius 3 is 0.804 bits per heavy atom. The molecule has 6 heterocycles. The molecule has 234 valence electrons. The van der Waals surface area contributed by atoms with Crippen molar-refractivity contribution in [1.29, 1.82) is 0 Å². The molecule has 0 fully saturated rings. The van der Waals surface area contributed by atoms with Crippen molar-refractivity contribution in [3.63, 3.8) is 0 Å². The molecule has 51 heavy (non-hydrogen) atoms. The number of rotatable bonds is 0. The average Bonchev–Trinajstić information content (AvgIpc) is 3.17. The van der Waals surface area contributed by atoms with Crippen LogP contribution in [0.25, 0.3) is 0 Å². The fourth-order valence-electron chi connectivity index (χ4n) is 9.31. The number of hydrogen-bond acceptors (Lipinski definition) is 6. The smallest absolute Gasteiger partial charge is 0.0916 e. The third-order valence-electron chi connectivity index (χ3n) is 11.3. The Hall–Kier alpha value is -3.17. The first kappa shape index (κ1) is 29.3. The van der Waals surface area contributed by atoms with Gasteiger partial charge in [0.25, 0.3) is 0 Å². The van der Waals surface area contributed by atoms with Crippen molar-refractivity contribution >= 4 is 140 Å². The maximum Gasteiger partial charge on any atom is 0.248 e. The highest BCUT2D eigenvalue weighted by molar-refractivity contribution is 8.04. The van der Waals surface area contributed by atoms with Gasteiger partial charge < -0.3 is 0 Å². The highest BCUT2D eigenvalue weighted by atomic mass is 32.2. The molecule has 0 saturated heterocycles. The number of hydrogen-bond donors (Lipinski definition) is 0. The quantitative estimate of drug-likeness (QED) is 0.173. The normalized spacial score (nSPS) is 15.6. The molecule has 0 amide bonds. The third kappa shape index (κ3) is 3.88. The Morgan fingerprint density at radius 2 is 0.490 bits per heavy atom. The van der Waals surface area contributed by atoms with Crippen molar-refractivity contribution in [2.45, 2.75) is 58.7 Å². The van der Waals surface area contributed by atoms with Gasteiger partial charge >= 0.3 is 0 Å². The van der Waals surface area contributed by atoms with Crippen LogP contribution in [0.1, 0.15) is 0 Å². The van der Waals surface area contributed by atoms with E-state index in [0.29, 0.717) is 0 Å². The molecule has 13 rings (SSSR count). The summed E-state index contributed by atoms with van der Waals surface area (Å²) < 4.78 is 0. The van der Waals surface area contributed by atoms with E-state index in [0.717, 1.165) is 0 Å². The lowest BCUT2D eigenvalue weighted by molar-refractivity contribution is 1.26. The van der Waals surface area contributed by atoms with Crippen LogP contribution in [0.3, 0.4) is 0 Å². The van der Waals surface area contributed by atoms with Crippen molar-refractivity contribution in [2.75, 3.05) is 0 Å². The summed E-state index contributed by atoms with van der Waals surface area (Å²) in [6.45, 7) is 0.553. The molecule has 0 nitrogen and oxygen atoms in total. The highest BCUT2D eigenvalue weighted by Gasteiger charge is 2.50. The van der Waals surface area contributed by atoms with Gasteiger partial charge in [-0.1, -0.05) is 160 Å². The van der Waals surface area contributed by atoms with Gasteiger partial charge in [-0.2, -0.15) is 0 Å². The molecular weight excluding hydrogens is 729 g/mol. The zero-order valence-electron chi connectivity index (χ0n) is 26.8. The minimum atomic E-state index is 0.184. The first-order chi connectivity index (χ1) is 25.3. The first-order valence-corrected chi connectivity index (χ1v) is 22.2. The summed E-state index contributed by atoms with van der Waals surface area (Å²) in [5.74, 6) is 0. The molecule has 0 spiro atoms. The second-order valence-corrected chi connectivity index (χ2v) is 20.2. The van der Waals surface area contributed by atoms with E-state index in [1.807, 2.05) is 35.3 Å². The molecule has 9 heteroatoms. The maximum atomic E-state index is 2.42. The molecule has 0 aromatic heterocycles. The fourth-order valence-corrected chi connectivity index (χ4v) is 17.3. The lowest BCUT2D eigenvalue weighted by Gasteiger charge is -2.43. The van der Waals surface area contributed by atoms with Crippen LogP contribution < -0.4 is 49.2 Å². The SMILES string of the molecule is c1ccc2c(c1)Sc1cccc3c1B2c1c2c(c4c(c1S3)B1c3ccccc3Sc3cccc(c31)S4)B1c3ccccc3Sc3cccc(c31)S2. The van der Waals surface area contributed by atoms with E-state index in [1.165, 1.54) is 108 Å². The minimum Gasteiger partial charge on any atom is -0.0916 e. The first-order valence-electron chi connectivity index (χ1n) is 17.3. The zero-order valence-corrected chi connectivity index (χ0v) is 31.7. The molecule has 0 unspecified atom stereocenters. The summed E-state index contributed by atoms with van der Waals surface area (Å²) in [7, 11) is 0. The van der Waals surface area contributed by atoms with Crippen LogP contribution in [0.5, 0.6) is 0 Å². The molecule has 0 bridgehead atoms. The van der Waals surface area contributed by atoms with Gasteiger partial charge in [0.2, 0.25) is 20.1 Å². The molecule has 7 aromatic rings. The lowest BCUT2D eigenvalue weighted by atomic mass is 9.30. The number of fused-ring (bicyclic) bond motifs is 15. The monoisotopic (exact) mass is 750 g/mol. The van der Waals surface area contributed by atoms with Gasteiger partial charge in [0.15, 0.2) is 0 Å². The molecular formula is C42H21B3S6. The molecule has 7 aromatic carbocycles. The molecule has 0 aliphatic carbocycles. The second kappa shape index (κ2) is 10.7. The molecule has 0 N–H and O–H groups in total. The van der Waals surface area contributed by atoms with E-state index in [-0.39, 0.29) is 20.1 Å². The van der Waals surface area contributed by atoms with Gasteiger partial charge in [0, 0.05) is 58.7 Å². The van der Waals surface area contributed by atoms with Crippen LogP contribution in [0, 0.1) is 0 Å². The van der Waals surface area contributed by atoms with Gasteiger partial charge in [-0.25, -0.2) is 0 Å². The van der Waals surface area contributed by atoms with E-state index in [9.17, 15) is 0 Å². The van der Waals surface area contributed by atoms with Gasteiger partial charge in [0.05, 0.1) is 0 Å². The Balaban J connectivity index is 1.22. The van der Waals surface area contributed by atoms with Gasteiger partial charge in [0.1, 0.15) is 0 Å². The van der Waals surface area contributed by atoms with E-state index in [4.69, 9.17) is 0 Å². The average molecular weight is 750 g/mol. The van der Waals surface area contributed by atoms with Crippen LogP contribution in [-0.4, -0.2) is 20.1 Å². The molecule has 0 saturated carbocycles. The van der Waals surface area contributed by atoms with Crippen LogP contribution in [0.15, 0.2) is 186 Å². The Kier molecular flexibility index (Phi) is 6.16. The maximum absolute atomic E-state index is 2.42. The highest BCUT2D eigenvalue weighted by Crippen LogP contribution is 2.47. The predicted octanol–water partition coefficient (Wildman–Crippen LogP) is 6.02. The van der Waals surface area contributed by atoms with E-state index >= 15 is 0 Å². The van der Waals surface area contributed by atoms with Gasteiger partial charge in [-0.3, -0.25) is 0 Å². The van der Waals surface area contributed by atoms with Crippen molar-refractivity contribution in [1.82, 2.24) is 0 Å². The Bertz CT molecular complexity index is 2440. The van der Waals surface area contributed by atoms with Gasteiger partial charge in [-0.15, -0.1) is 0 Å². The Labute approximate surface area is 323 Å². The van der Waals surface area contributed by atoms with Crippen LogP contribution in [0.2, 0.25) is 0 Å². The largest absolute Gasteiger partial charge is 0.248 e. The van der Waals surface area contributed by atoms with E-state index < -0.39 is 0 Å². The summed E-state index contributed by atoms with van der Waals surface area (Å²) in [5, 5.41) is 0. The van der Waals surface area contributed by atoms with Crippen LogP contribution in [0.4, 0.5) is 0 Å². The summed E-state index contributed by atoms with van der Waals surface area (Å²) in [5.41, 5.74) is 13.5. The van der Waals surface area contributed by atoms with Crippen molar-refractivity contribution in [3.05, 3.63) is 127 Å². The molecule has 0 radical (unpaired) electrons. The molecule has 6 aliphatic heterocycles. The lowest BCUT2D eigenvalue weighted by Crippen LogP contribution is -2.69. The summed E-state index contributed by atoms with van der Waals surface area (Å²) in [6.07, 6.45) is 0. The molecule has 6 aliphatic rings. The van der Waals surface area contributed by atoms with Gasteiger partial charge in [-0.05, 0) is 87.4 Å². The zero-order chi connectivity index (χ0) is 32.9. The fraction of sp³-hybridized carbons (Fsp3) is 0. The summed E-state index contributed by atoms with van der Waals surface area (Å²) in [4.78, 5) is 17.1. The summed E-state index contributed by atoms with van der Waals surface area (Å²) in [6, 6.07) is 48.8. The van der Waals surface area contributed by atoms with Crippen molar-refractivity contribution in [3.8, 4) is 0 Å².